The Hall–Kier alpha value is -3.35. The lowest BCUT2D eigenvalue weighted by molar-refractivity contribution is 0.0968. The van der Waals surface area contributed by atoms with Gasteiger partial charge in [0.1, 0.15) is 5.02 Å². The summed E-state index contributed by atoms with van der Waals surface area (Å²) in [5, 5.41) is 7.43. The number of hydrogen-bond donors (Lipinski definition) is 1. The average Bonchev–Trinajstić information content (AvgIpc) is 3.43. The minimum atomic E-state index is -0.216. The molecule has 0 amide bonds. The Balaban J connectivity index is 0.000000249. The zero-order valence-corrected chi connectivity index (χ0v) is 25.6. The Labute approximate surface area is 250 Å². The highest BCUT2D eigenvalue weighted by Crippen LogP contribution is 2.36. The van der Waals surface area contributed by atoms with E-state index < -0.39 is 0 Å². The normalized spacial score (nSPS) is 18.4. The van der Waals surface area contributed by atoms with Crippen LogP contribution in [0.2, 0.25) is 5.02 Å². The number of aryl methyl sites for hydroxylation is 1. The van der Waals surface area contributed by atoms with E-state index in [2.05, 4.69) is 71.6 Å². The van der Waals surface area contributed by atoms with E-state index in [-0.39, 0.29) is 16.6 Å². The fourth-order valence-corrected chi connectivity index (χ4v) is 5.50. The molecule has 220 valence electrons. The van der Waals surface area contributed by atoms with Crippen molar-refractivity contribution in [1.29, 1.82) is 0 Å². The highest BCUT2D eigenvalue weighted by molar-refractivity contribution is 6.32. The van der Waals surface area contributed by atoms with Gasteiger partial charge in [-0.15, -0.1) is 0 Å². The van der Waals surface area contributed by atoms with Crippen LogP contribution < -0.4 is 10.9 Å². The van der Waals surface area contributed by atoms with Crippen LogP contribution in [0.25, 0.3) is 18.2 Å². The van der Waals surface area contributed by atoms with Gasteiger partial charge in [0, 0.05) is 38.2 Å². The van der Waals surface area contributed by atoms with Crippen molar-refractivity contribution in [3.05, 3.63) is 99.7 Å². The second-order valence-corrected chi connectivity index (χ2v) is 10.7. The van der Waals surface area contributed by atoms with Gasteiger partial charge in [-0.2, -0.15) is 5.10 Å². The van der Waals surface area contributed by atoms with Crippen molar-refractivity contribution in [2.24, 2.45) is 0 Å². The number of benzene rings is 1. The summed E-state index contributed by atoms with van der Waals surface area (Å²) in [4.78, 5) is 12.5. The molecule has 1 aliphatic carbocycles. The average molecular weight is 577 g/mol. The molecule has 2 fully saturated rings. The summed E-state index contributed by atoms with van der Waals surface area (Å²) in [5.41, 5.74) is 5.21. The molecule has 2 aromatic heterocycles. The van der Waals surface area contributed by atoms with Gasteiger partial charge >= 0.3 is 0 Å². The Morgan fingerprint density at radius 2 is 1.66 bits per heavy atom. The lowest BCUT2D eigenvalue weighted by Crippen LogP contribution is -2.31. The van der Waals surface area contributed by atoms with Crippen LogP contribution >= 0.6 is 11.6 Å². The molecule has 0 spiro atoms. The van der Waals surface area contributed by atoms with E-state index in [1.807, 2.05) is 31.2 Å². The molecular formula is C34H45ClN4O2. The predicted octanol–water partition coefficient (Wildman–Crippen LogP) is 8.60. The van der Waals surface area contributed by atoms with Crippen LogP contribution in [0.15, 0.2) is 66.8 Å². The van der Waals surface area contributed by atoms with Crippen LogP contribution in [-0.4, -0.2) is 34.6 Å². The largest absolute Gasteiger partial charge is 0.385 e. The fourth-order valence-electron chi connectivity index (χ4n) is 5.27. The van der Waals surface area contributed by atoms with Crippen LogP contribution in [0.5, 0.6) is 0 Å². The molecule has 41 heavy (non-hydrogen) atoms. The van der Waals surface area contributed by atoms with Gasteiger partial charge in [-0.1, -0.05) is 67.3 Å². The van der Waals surface area contributed by atoms with Gasteiger partial charge in [-0.25, -0.2) is 4.68 Å². The molecule has 3 aromatic rings. The SMILES string of the molecule is C1CCOCC1.C=Cc1ccccc1C.C=Cc1ccn(C2CCC(n3ncc(NC)c(Cl)c3=O)CC2)c1/C=C\C. The number of anilines is 1. The molecule has 6 nitrogen and oxygen atoms in total. The first-order valence-corrected chi connectivity index (χ1v) is 15.0. The smallest absolute Gasteiger partial charge is 0.287 e. The number of ether oxygens (including phenoxy) is 1. The molecule has 7 heteroatoms. The Morgan fingerprint density at radius 3 is 2.17 bits per heavy atom. The zero-order chi connectivity index (χ0) is 29.6. The van der Waals surface area contributed by atoms with E-state index in [4.69, 9.17) is 16.3 Å². The van der Waals surface area contributed by atoms with E-state index in [0.29, 0.717) is 11.7 Å². The van der Waals surface area contributed by atoms with Crippen LogP contribution in [0, 0.1) is 6.92 Å². The third-order valence-corrected chi connectivity index (χ3v) is 8.00. The second kappa shape index (κ2) is 16.8. The third kappa shape index (κ3) is 8.82. The second-order valence-electron chi connectivity index (χ2n) is 10.3. The highest BCUT2D eigenvalue weighted by atomic mass is 35.5. The Kier molecular flexibility index (Phi) is 13.2. The van der Waals surface area contributed by atoms with Crippen LogP contribution in [0.3, 0.4) is 0 Å². The first-order chi connectivity index (χ1) is 19.9. The van der Waals surface area contributed by atoms with E-state index >= 15 is 0 Å². The van der Waals surface area contributed by atoms with E-state index in [1.54, 1.807) is 17.9 Å². The number of allylic oxidation sites excluding steroid dienone is 1. The van der Waals surface area contributed by atoms with Crippen molar-refractivity contribution in [3.8, 4) is 0 Å². The van der Waals surface area contributed by atoms with Crippen LogP contribution in [0.1, 0.15) is 86.3 Å². The van der Waals surface area contributed by atoms with Crippen molar-refractivity contribution in [2.45, 2.75) is 70.9 Å². The highest BCUT2D eigenvalue weighted by Gasteiger charge is 2.26. The molecule has 0 radical (unpaired) electrons. The summed E-state index contributed by atoms with van der Waals surface area (Å²) in [5.74, 6) is 0. The van der Waals surface area contributed by atoms with Gasteiger partial charge in [-0.3, -0.25) is 4.79 Å². The van der Waals surface area contributed by atoms with E-state index in [9.17, 15) is 4.79 Å². The number of aromatic nitrogens is 3. The van der Waals surface area contributed by atoms with Gasteiger partial charge in [0.2, 0.25) is 0 Å². The first-order valence-electron chi connectivity index (χ1n) is 14.6. The van der Waals surface area contributed by atoms with Gasteiger partial charge in [-0.05, 0) is 87.6 Å². The summed E-state index contributed by atoms with van der Waals surface area (Å²) in [6.07, 6.45) is 19.5. The molecular weight excluding hydrogens is 532 g/mol. The maximum atomic E-state index is 12.5. The summed E-state index contributed by atoms with van der Waals surface area (Å²) in [6, 6.07) is 10.8. The molecule has 2 aliphatic rings. The number of nitrogens with one attached hydrogen (secondary N) is 1. The minimum Gasteiger partial charge on any atom is -0.385 e. The topological polar surface area (TPSA) is 61.1 Å². The minimum absolute atomic E-state index is 0.0989. The molecule has 5 rings (SSSR count). The Bertz CT molecular complexity index is 1330. The lowest BCUT2D eigenvalue weighted by Gasteiger charge is -2.31. The fraction of sp³-hybridized carbons (Fsp3) is 0.412. The van der Waals surface area contributed by atoms with Crippen molar-refractivity contribution in [2.75, 3.05) is 25.6 Å². The molecule has 1 aromatic carbocycles. The number of halogens is 1. The molecule has 1 saturated heterocycles. The molecule has 1 saturated carbocycles. The predicted molar refractivity (Wildman–Crippen MR) is 175 cm³/mol. The summed E-state index contributed by atoms with van der Waals surface area (Å²) in [6.45, 7) is 13.7. The number of rotatable bonds is 6. The van der Waals surface area contributed by atoms with Gasteiger partial charge in [0.25, 0.3) is 5.56 Å². The van der Waals surface area contributed by atoms with Crippen molar-refractivity contribution >= 4 is 35.5 Å². The lowest BCUT2D eigenvalue weighted by atomic mass is 9.91. The van der Waals surface area contributed by atoms with E-state index in [1.165, 1.54) is 36.1 Å². The Morgan fingerprint density at radius 1 is 1.00 bits per heavy atom. The van der Waals surface area contributed by atoms with Gasteiger partial charge in [0.15, 0.2) is 0 Å². The number of hydrogen-bond acceptors (Lipinski definition) is 4. The van der Waals surface area contributed by atoms with Crippen LogP contribution in [-0.2, 0) is 4.74 Å². The van der Waals surface area contributed by atoms with Crippen molar-refractivity contribution in [3.63, 3.8) is 0 Å². The molecule has 0 atom stereocenters. The third-order valence-electron chi connectivity index (χ3n) is 7.64. The monoisotopic (exact) mass is 576 g/mol. The molecule has 0 unspecified atom stereocenters. The summed E-state index contributed by atoms with van der Waals surface area (Å²) >= 11 is 6.16. The molecule has 1 N–H and O–H groups in total. The maximum absolute atomic E-state index is 12.5. The van der Waals surface area contributed by atoms with Gasteiger partial charge < -0.3 is 14.6 Å². The van der Waals surface area contributed by atoms with Crippen molar-refractivity contribution < 1.29 is 4.74 Å². The van der Waals surface area contributed by atoms with Crippen molar-refractivity contribution in [1.82, 2.24) is 14.3 Å². The maximum Gasteiger partial charge on any atom is 0.287 e. The van der Waals surface area contributed by atoms with E-state index in [0.717, 1.165) is 44.5 Å². The molecule has 3 heterocycles. The first kappa shape index (κ1) is 32.2. The zero-order valence-electron chi connectivity index (χ0n) is 24.8. The standard InChI is InChI=1S/C20H25ClN4O.C9H10.C5H10O/c1-4-6-18-14(5-2)11-12-24(18)15-7-9-16(10-8-15)25-20(26)19(21)17(22-3)13-23-25;1-3-9-7-5-4-6-8(9)2;1-2-4-6-5-3-1/h4-6,11-13,15-16,22H,2,7-10H2,1,3H3;3-7H,1H2,2H3;1-5H2/b6-4-;;. The quantitative estimate of drug-likeness (QED) is 0.319. The molecule has 0 bridgehead atoms. The van der Waals surface area contributed by atoms with Crippen LogP contribution in [0.4, 0.5) is 5.69 Å². The van der Waals surface area contributed by atoms with Gasteiger partial charge in [0.05, 0.1) is 17.9 Å². The summed E-state index contributed by atoms with van der Waals surface area (Å²) in [7, 11) is 1.73. The number of nitrogens with zero attached hydrogens (tertiary/aromatic N) is 3. The summed E-state index contributed by atoms with van der Waals surface area (Å²) < 4.78 is 8.96. The molecule has 1 aliphatic heterocycles.